The van der Waals surface area contributed by atoms with Gasteiger partial charge in [-0.05, 0) is 87.7 Å². The summed E-state index contributed by atoms with van der Waals surface area (Å²) in [5, 5.41) is 49.1. The van der Waals surface area contributed by atoms with E-state index < -0.39 is 95.8 Å². The maximum atomic E-state index is 14.2. The number of nitrogens with one attached hydrogen (secondary N) is 1. The van der Waals surface area contributed by atoms with Crippen LogP contribution in [0, 0.1) is 17.8 Å². The average Bonchev–Trinajstić information content (AvgIpc) is 3.08. The average molecular weight is 749 g/mol. The Morgan fingerprint density at radius 1 is 0.904 bits per heavy atom. The molecule has 0 aromatic carbocycles. The van der Waals surface area contributed by atoms with Gasteiger partial charge >= 0.3 is 5.97 Å². The Labute approximate surface area is 312 Å². The summed E-state index contributed by atoms with van der Waals surface area (Å²) in [6.07, 6.45) is -7.27. The van der Waals surface area contributed by atoms with Gasteiger partial charge < -0.3 is 63.8 Å². The fraction of sp³-hybridized carbons (Fsp3) is 0.974. The minimum absolute atomic E-state index is 0.164. The topological polar surface area (TPSA) is 178 Å². The van der Waals surface area contributed by atoms with Crippen molar-refractivity contribution in [3.63, 3.8) is 0 Å². The molecule has 0 aromatic rings. The number of hydrogen-bond donors (Lipinski definition) is 5. The van der Waals surface area contributed by atoms with Crippen LogP contribution in [0.2, 0.25) is 0 Å². The Balaban J connectivity index is 2.19. The summed E-state index contributed by atoms with van der Waals surface area (Å²) in [5.74, 6) is -2.63. The smallest absolute Gasteiger partial charge is 0.311 e. The van der Waals surface area contributed by atoms with E-state index in [1.54, 1.807) is 34.8 Å². The molecule has 18 atom stereocenters. The molecule has 3 aliphatic heterocycles. The van der Waals surface area contributed by atoms with E-state index in [0.29, 0.717) is 19.4 Å². The molecule has 0 saturated carbocycles. The van der Waals surface area contributed by atoms with Crippen molar-refractivity contribution >= 4 is 5.97 Å². The molecule has 14 nitrogen and oxygen atoms in total. The normalized spacial score (nSPS) is 49.2. The van der Waals surface area contributed by atoms with Gasteiger partial charge in [-0.25, -0.2) is 0 Å². The molecule has 3 fully saturated rings. The number of likely N-dealkylation sites (N-methyl/N-ethyl adjacent to an activating group) is 1. The highest BCUT2D eigenvalue weighted by atomic mass is 16.7. The Morgan fingerprint density at radius 3 is 2.08 bits per heavy atom. The van der Waals surface area contributed by atoms with Crippen LogP contribution in [0.1, 0.15) is 94.9 Å². The number of cyclic esters (lactones) is 1. The van der Waals surface area contributed by atoms with Crippen LogP contribution in [0.25, 0.3) is 0 Å². The number of aliphatic hydroxyl groups excluding tert-OH is 3. The maximum absolute atomic E-state index is 14.2. The van der Waals surface area contributed by atoms with Crippen LogP contribution in [0.5, 0.6) is 0 Å². The minimum atomic E-state index is -1.75. The summed E-state index contributed by atoms with van der Waals surface area (Å²) in [5.41, 5.74) is -3.79. The highest BCUT2D eigenvalue weighted by Gasteiger charge is 2.53. The Hall–Kier alpha value is -1.01. The second-order valence-corrected chi connectivity index (χ2v) is 16.8. The molecule has 3 aliphatic rings. The molecule has 14 heteroatoms. The van der Waals surface area contributed by atoms with E-state index in [4.69, 9.17) is 33.2 Å². The van der Waals surface area contributed by atoms with Crippen molar-refractivity contribution in [2.24, 2.45) is 17.8 Å². The first-order valence-electron chi connectivity index (χ1n) is 19.2. The van der Waals surface area contributed by atoms with Crippen molar-refractivity contribution in [3.8, 4) is 0 Å². The molecular formula is C38H72N2O12. The van der Waals surface area contributed by atoms with Crippen LogP contribution >= 0.6 is 0 Å². The third kappa shape index (κ3) is 10.0. The lowest BCUT2D eigenvalue weighted by molar-refractivity contribution is -0.319. The van der Waals surface area contributed by atoms with Crippen molar-refractivity contribution in [2.75, 3.05) is 34.9 Å². The zero-order valence-electron chi connectivity index (χ0n) is 34.2. The summed E-state index contributed by atoms with van der Waals surface area (Å²) >= 11 is 0. The van der Waals surface area contributed by atoms with E-state index in [-0.39, 0.29) is 31.0 Å². The number of nitrogens with zero attached hydrogens (tertiary/aromatic N) is 1. The second-order valence-electron chi connectivity index (χ2n) is 16.8. The zero-order chi connectivity index (χ0) is 39.5. The van der Waals surface area contributed by atoms with Gasteiger partial charge in [-0.2, -0.15) is 0 Å². The van der Waals surface area contributed by atoms with Gasteiger partial charge in [0.2, 0.25) is 0 Å². The molecule has 0 aliphatic carbocycles. The standard InChI is InChI=1S/C38H72N2O12/c1-15-27-38(10,45)31(42)20(2)19-39-21(3)17-37(9,47-14)33(52-35-29(41)26(40(11)12)16-22(4)48-35)23(5)30(24(6)34(44)50-27)51-28-18-36(8,46-13)32(43)25(7)49-28/h20-33,35,39,41-43,45H,15-19H2,1-14H3/t20-,21+,22+,23-,24+,25-,26?,27+,28?,29?,30?,31?,32?,33?,35?,36+,37+,38+/m0/s1. The van der Waals surface area contributed by atoms with Crippen LogP contribution in [-0.4, -0.2) is 156 Å². The molecule has 0 spiro atoms. The lowest BCUT2D eigenvalue weighted by atomic mass is 9.78. The number of methoxy groups -OCH3 is 2. The van der Waals surface area contributed by atoms with Crippen LogP contribution in [-0.2, 0) is 38.0 Å². The number of ether oxygens (including phenoxy) is 7. The molecule has 306 valence electrons. The molecule has 3 rings (SSSR count). The highest BCUT2D eigenvalue weighted by molar-refractivity contribution is 5.73. The number of carbonyl (C=O) groups is 1. The molecule has 8 unspecified atom stereocenters. The fourth-order valence-electron chi connectivity index (χ4n) is 8.52. The first kappa shape index (κ1) is 45.4. The molecule has 0 radical (unpaired) electrons. The van der Waals surface area contributed by atoms with Gasteiger partial charge in [0, 0.05) is 45.2 Å². The molecule has 3 saturated heterocycles. The van der Waals surface area contributed by atoms with E-state index in [1.807, 2.05) is 53.6 Å². The number of rotatable bonds is 8. The quantitative estimate of drug-likeness (QED) is 0.228. The summed E-state index contributed by atoms with van der Waals surface area (Å²) in [4.78, 5) is 16.2. The molecular weight excluding hydrogens is 676 g/mol. The van der Waals surface area contributed by atoms with E-state index in [2.05, 4.69) is 5.32 Å². The highest BCUT2D eigenvalue weighted by Crippen LogP contribution is 2.40. The summed E-state index contributed by atoms with van der Waals surface area (Å²) < 4.78 is 44.3. The van der Waals surface area contributed by atoms with Crippen LogP contribution in [0.15, 0.2) is 0 Å². The van der Waals surface area contributed by atoms with Crippen molar-refractivity contribution in [1.29, 1.82) is 0 Å². The monoisotopic (exact) mass is 749 g/mol. The number of hydrogen-bond acceptors (Lipinski definition) is 14. The largest absolute Gasteiger partial charge is 0.459 e. The molecule has 0 aromatic heterocycles. The Kier molecular flexibility index (Phi) is 16.0. The molecule has 3 heterocycles. The van der Waals surface area contributed by atoms with Gasteiger partial charge in [0.1, 0.15) is 23.9 Å². The first-order chi connectivity index (χ1) is 24.1. The third-order valence-electron chi connectivity index (χ3n) is 12.2. The Bertz CT molecular complexity index is 1130. The van der Waals surface area contributed by atoms with Gasteiger partial charge in [-0.1, -0.05) is 20.8 Å². The number of esters is 1. The fourth-order valence-corrected chi connectivity index (χ4v) is 8.52. The summed E-state index contributed by atoms with van der Waals surface area (Å²) in [6, 6.07) is -0.398. The first-order valence-corrected chi connectivity index (χ1v) is 19.2. The second kappa shape index (κ2) is 18.3. The van der Waals surface area contributed by atoms with Crippen molar-refractivity contribution < 1.29 is 58.4 Å². The number of carbonyl (C=O) groups excluding carboxylic acids is 1. The molecule has 5 N–H and O–H groups in total. The molecule has 0 amide bonds. The van der Waals surface area contributed by atoms with E-state index in [1.165, 1.54) is 14.0 Å². The van der Waals surface area contributed by atoms with Crippen molar-refractivity contribution in [2.45, 2.75) is 185 Å². The SMILES string of the molecule is CC[C@H]1OC(=O)[C@H](C)C(OC2C[C@@](C)(OC)C(O)[C@H](C)O2)[C@H](C)C(OC2O[C@H](C)CC(N(C)C)C2O)[C@](C)(OC)C[C@@H](C)NC[C@H](C)C(O)[C@]1(C)O. The van der Waals surface area contributed by atoms with Gasteiger partial charge in [0.15, 0.2) is 12.6 Å². The lowest BCUT2D eigenvalue weighted by Gasteiger charge is -2.49. The predicted molar refractivity (Wildman–Crippen MR) is 194 cm³/mol. The van der Waals surface area contributed by atoms with Crippen LogP contribution in [0.3, 0.4) is 0 Å². The minimum Gasteiger partial charge on any atom is -0.459 e. The maximum Gasteiger partial charge on any atom is 0.311 e. The van der Waals surface area contributed by atoms with Gasteiger partial charge in [-0.3, -0.25) is 4.79 Å². The number of aliphatic hydroxyl groups is 4. The van der Waals surface area contributed by atoms with E-state index in [0.717, 1.165) is 0 Å². The van der Waals surface area contributed by atoms with Crippen molar-refractivity contribution in [1.82, 2.24) is 10.2 Å². The van der Waals surface area contributed by atoms with E-state index in [9.17, 15) is 25.2 Å². The molecule has 0 bridgehead atoms. The summed E-state index contributed by atoms with van der Waals surface area (Å²) in [6.45, 7) is 18.5. The summed E-state index contributed by atoms with van der Waals surface area (Å²) in [7, 11) is 6.95. The Morgan fingerprint density at radius 2 is 1.52 bits per heavy atom. The van der Waals surface area contributed by atoms with Crippen LogP contribution < -0.4 is 5.32 Å². The third-order valence-corrected chi connectivity index (χ3v) is 12.2. The predicted octanol–water partition coefficient (Wildman–Crippen LogP) is 2.21. The van der Waals surface area contributed by atoms with Crippen LogP contribution in [0.4, 0.5) is 0 Å². The zero-order valence-corrected chi connectivity index (χ0v) is 34.2. The van der Waals surface area contributed by atoms with Gasteiger partial charge in [-0.15, -0.1) is 0 Å². The van der Waals surface area contributed by atoms with Gasteiger partial charge in [0.25, 0.3) is 0 Å². The lowest BCUT2D eigenvalue weighted by Crippen LogP contribution is -2.61. The molecule has 52 heavy (non-hydrogen) atoms. The van der Waals surface area contributed by atoms with E-state index >= 15 is 0 Å². The van der Waals surface area contributed by atoms with Gasteiger partial charge in [0.05, 0.1) is 47.6 Å². The van der Waals surface area contributed by atoms with Crippen molar-refractivity contribution in [3.05, 3.63) is 0 Å².